The molecule has 3 rings (SSSR count). The molecule has 0 bridgehead atoms. The van der Waals surface area contributed by atoms with Gasteiger partial charge in [0.2, 0.25) is 0 Å². The number of rotatable bonds is 6. The molecule has 6 nitrogen and oxygen atoms in total. The van der Waals surface area contributed by atoms with E-state index in [2.05, 4.69) is 10.5 Å². The van der Waals surface area contributed by atoms with Gasteiger partial charge in [-0.05, 0) is 35.9 Å². The molecule has 2 atom stereocenters. The Morgan fingerprint density at radius 2 is 2.08 bits per heavy atom. The minimum Gasteiger partial charge on any atom is -0.465 e. The van der Waals surface area contributed by atoms with Gasteiger partial charge in [0.25, 0.3) is 0 Å². The minimum absolute atomic E-state index is 0.00835. The summed E-state index contributed by atoms with van der Waals surface area (Å²) in [6.07, 6.45) is 2.46. The number of hydrogen-bond acceptors (Lipinski definition) is 4. The largest absolute Gasteiger partial charge is 0.465 e. The summed E-state index contributed by atoms with van der Waals surface area (Å²) in [5.74, 6) is 0. The molecule has 0 saturated carbocycles. The molecule has 0 radical (unpaired) electrons. The zero-order valence-electron chi connectivity index (χ0n) is 14.4. The predicted molar refractivity (Wildman–Crippen MR) is 103 cm³/mol. The Balaban J connectivity index is 1.52. The van der Waals surface area contributed by atoms with Gasteiger partial charge in [-0.3, -0.25) is 14.7 Å². The lowest BCUT2D eigenvalue weighted by Gasteiger charge is -2.36. The van der Waals surface area contributed by atoms with Crippen LogP contribution in [-0.4, -0.2) is 45.1 Å². The van der Waals surface area contributed by atoms with Gasteiger partial charge >= 0.3 is 6.09 Å². The van der Waals surface area contributed by atoms with Crippen LogP contribution in [0.5, 0.6) is 0 Å². The fourth-order valence-corrected chi connectivity index (χ4v) is 3.81. The monoisotopic (exact) mass is 373 g/mol. The van der Waals surface area contributed by atoms with Gasteiger partial charge in [-0.25, -0.2) is 4.79 Å². The van der Waals surface area contributed by atoms with Gasteiger partial charge in [0.15, 0.2) is 0 Å². The van der Waals surface area contributed by atoms with Crippen molar-refractivity contribution in [1.82, 2.24) is 15.4 Å². The number of hydroxylamine groups is 1. The van der Waals surface area contributed by atoms with Crippen molar-refractivity contribution in [2.45, 2.75) is 36.6 Å². The number of aromatic nitrogens is 1. The number of amides is 1. The number of likely N-dealkylation sites (tertiary alicyclic amines) is 1. The van der Waals surface area contributed by atoms with Crippen LogP contribution < -0.4 is 5.48 Å². The Labute approximate surface area is 156 Å². The van der Waals surface area contributed by atoms with Crippen molar-refractivity contribution in [2.24, 2.45) is 0 Å². The van der Waals surface area contributed by atoms with Gasteiger partial charge in [0, 0.05) is 12.7 Å². The number of hydrogen-bond donors (Lipinski definition) is 3. The normalized spacial score (nSPS) is 20.7. The number of carboxylic acid groups (broad SMARTS) is 1. The average molecular weight is 373 g/mol. The summed E-state index contributed by atoms with van der Waals surface area (Å²) in [7, 11) is 0. The van der Waals surface area contributed by atoms with Gasteiger partial charge in [-0.15, -0.1) is 0 Å². The molecule has 138 valence electrons. The third-order valence-electron chi connectivity index (χ3n) is 4.23. The topological polar surface area (TPSA) is 74.7 Å². The van der Waals surface area contributed by atoms with Crippen LogP contribution in [0.2, 0.25) is 0 Å². The molecule has 0 aliphatic carbocycles. The second-order valence-electron chi connectivity index (χ2n) is 6.13. The lowest BCUT2D eigenvalue weighted by atomic mass is 10.0. The number of nitrogens with one attached hydrogen (secondary N) is 1. The third kappa shape index (κ3) is 5.39. The zero-order chi connectivity index (χ0) is 18.2. The van der Waals surface area contributed by atoms with Crippen molar-refractivity contribution >= 4 is 22.8 Å². The Kier molecular flexibility index (Phi) is 6.76. The molecule has 1 aromatic carbocycles. The second kappa shape index (κ2) is 9.47. The molecule has 26 heavy (non-hydrogen) atoms. The molecule has 2 N–H and O–H groups in total. The smallest absolute Gasteiger partial charge is 0.407 e. The SMILES string of the molecule is O=C(O)N1C[C@H](NOCc2ccccc2)CC[C@H]1C=[SH]c1ccccn1. The molecule has 0 unspecified atom stereocenters. The van der Waals surface area contributed by atoms with E-state index in [4.69, 9.17) is 4.84 Å². The molecule has 1 aromatic heterocycles. The first-order valence-corrected chi connectivity index (χ1v) is 9.55. The van der Waals surface area contributed by atoms with Crippen LogP contribution in [0, 0.1) is 0 Å². The van der Waals surface area contributed by atoms with E-state index in [1.807, 2.05) is 53.9 Å². The maximum atomic E-state index is 11.6. The highest BCUT2D eigenvalue weighted by molar-refractivity contribution is 7.97. The van der Waals surface area contributed by atoms with Crippen molar-refractivity contribution in [3.05, 3.63) is 60.3 Å². The van der Waals surface area contributed by atoms with Gasteiger partial charge in [-0.1, -0.05) is 36.4 Å². The third-order valence-corrected chi connectivity index (χ3v) is 5.26. The van der Waals surface area contributed by atoms with Crippen molar-refractivity contribution in [2.75, 3.05) is 6.54 Å². The Morgan fingerprint density at radius 3 is 2.81 bits per heavy atom. The average Bonchev–Trinajstić information content (AvgIpc) is 2.68. The van der Waals surface area contributed by atoms with Crippen LogP contribution in [0.3, 0.4) is 0 Å². The predicted octanol–water partition coefficient (Wildman–Crippen LogP) is 2.94. The summed E-state index contributed by atoms with van der Waals surface area (Å²) in [6.45, 7) is 0.862. The number of piperidine rings is 1. The van der Waals surface area contributed by atoms with Crippen LogP contribution in [0.1, 0.15) is 18.4 Å². The Morgan fingerprint density at radius 1 is 1.27 bits per heavy atom. The number of nitrogens with zero attached hydrogens (tertiary/aromatic N) is 2. The van der Waals surface area contributed by atoms with Gasteiger partial charge < -0.3 is 5.11 Å². The van der Waals surface area contributed by atoms with Crippen molar-refractivity contribution < 1.29 is 14.7 Å². The van der Waals surface area contributed by atoms with Gasteiger partial charge in [0.1, 0.15) is 0 Å². The molecule has 7 heteroatoms. The quantitative estimate of drug-likeness (QED) is 0.412. The van der Waals surface area contributed by atoms with E-state index in [1.165, 1.54) is 4.90 Å². The van der Waals surface area contributed by atoms with E-state index in [-0.39, 0.29) is 12.1 Å². The summed E-state index contributed by atoms with van der Waals surface area (Å²) in [6, 6.07) is 15.5. The molecule has 1 fully saturated rings. The molecule has 1 aliphatic rings. The number of pyridine rings is 1. The first-order valence-electron chi connectivity index (χ1n) is 8.58. The van der Waals surface area contributed by atoms with E-state index in [9.17, 15) is 9.90 Å². The fraction of sp³-hybridized carbons (Fsp3) is 0.316. The van der Waals surface area contributed by atoms with Crippen LogP contribution in [0.15, 0.2) is 59.8 Å². The molecular weight excluding hydrogens is 350 g/mol. The van der Waals surface area contributed by atoms with Crippen LogP contribution >= 0.6 is 11.4 Å². The number of carbonyl (C=O) groups is 1. The summed E-state index contributed by atoms with van der Waals surface area (Å²) in [4.78, 5) is 22.9. The molecule has 2 heterocycles. The first-order chi connectivity index (χ1) is 12.7. The summed E-state index contributed by atoms with van der Waals surface area (Å²) in [5.41, 5.74) is 4.09. The molecule has 1 aliphatic heterocycles. The number of benzene rings is 1. The lowest BCUT2D eigenvalue weighted by Crippen LogP contribution is -2.52. The second-order valence-corrected chi connectivity index (χ2v) is 7.15. The highest BCUT2D eigenvalue weighted by Gasteiger charge is 2.30. The van der Waals surface area contributed by atoms with Crippen molar-refractivity contribution in [3.8, 4) is 0 Å². The summed E-state index contributed by atoms with van der Waals surface area (Å²) < 4.78 is 0. The Hall–Kier alpha value is -2.22. The first kappa shape index (κ1) is 18.6. The zero-order valence-corrected chi connectivity index (χ0v) is 15.3. The highest BCUT2D eigenvalue weighted by Crippen LogP contribution is 2.19. The van der Waals surface area contributed by atoms with E-state index in [1.54, 1.807) is 6.20 Å². The summed E-state index contributed by atoms with van der Waals surface area (Å²) >= 11 is 0.934. The van der Waals surface area contributed by atoms with E-state index in [0.29, 0.717) is 13.2 Å². The maximum absolute atomic E-state index is 11.6. The molecule has 0 spiro atoms. The molecular formula is C19H23N3O3S. The summed E-state index contributed by atoms with van der Waals surface area (Å²) in [5, 5.41) is 12.5. The van der Waals surface area contributed by atoms with E-state index < -0.39 is 6.09 Å². The molecule has 2 aromatic rings. The van der Waals surface area contributed by atoms with Gasteiger partial charge in [0.05, 0.1) is 23.7 Å². The molecule has 1 saturated heterocycles. The van der Waals surface area contributed by atoms with Crippen molar-refractivity contribution in [1.29, 1.82) is 0 Å². The van der Waals surface area contributed by atoms with Gasteiger partial charge in [-0.2, -0.15) is 16.8 Å². The Bertz CT molecular complexity index is 727. The minimum atomic E-state index is -0.906. The molecule has 1 amide bonds. The standard InChI is InChI=1S/C19H23N3O3S/c23-19(24)22-12-16(21-25-13-15-6-2-1-3-7-15)9-10-17(22)14-26-18-8-4-5-11-20-18/h1-8,11,14,16-17,21,26H,9-10,12-13H2,(H,23,24)/t16-,17+/m1/s1. The van der Waals surface area contributed by atoms with Crippen LogP contribution in [0.25, 0.3) is 0 Å². The highest BCUT2D eigenvalue weighted by atomic mass is 32.1. The van der Waals surface area contributed by atoms with E-state index >= 15 is 0 Å². The van der Waals surface area contributed by atoms with Crippen LogP contribution in [-0.2, 0) is 11.4 Å². The maximum Gasteiger partial charge on any atom is 0.407 e. The number of thiol groups is 1. The van der Waals surface area contributed by atoms with Crippen LogP contribution in [0.4, 0.5) is 4.79 Å². The lowest BCUT2D eigenvalue weighted by molar-refractivity contribution is -0.0157. The fourth-order valence-electron chi connectivity index (χ4n) is 2.87. The van der Waals surface area contributed by atoms with E-state index in [0.717, 1.165) is 34.8 Å². The van der Waals surface area contributed by atoms with Crippen molar-refractivity contribution in [3.63, 3.8) is 0 Å².